The summed E-state index contributed by atoms with van der Waals surface area (Å²) in [4.78, 5) is 29.7. The Kier molecular flexibility index (Phi) is 8.60. The Morgan fingerprint density at radius 2 is 1.97 bits per heavy atom. The lowest BCUT2D eigenvalue weighted by atomic mass is 9.72. The van der Waals surface area contributed by atoms with Gasteiger partial charge in [-0.25, -0.2) is 4.79 Å². The van der Waals surface area contributed by atoms with Crippen LogP contribution in [0, 0.1) is 5.41 Å². The lowest BCUT2D eigenvalue weighted by Gasteiger charge is -2.47. The number of aromatic nitrogens is 1. The van der Waals surface area contributed by atoms with E-state index in [1.165, 1.54) is 18.4 Å². The lowest BCUT2D eigenvalue weighted by Crippen LogP contribution is -2.52. The van der Waals surface area contributed by atoms with Crippen molar-refractivity contribution in [3.63, 3.8) is 0 Å². The molecular weight excluding hydrogens is 403 g/mol. The van der Waals surface area contributed by atoms with Crippen LogP contribution in [0.4, 0.5) is 13.2 Å². The topological polar surface area (TPSA) is 83.0 Å². The highest BCUT2D eigenvalue weighted by molar-refractivity contribution is 5.77. The molecule has 1 spiro atoms. The maximum atomic E-state index is 12.1. The second-order valence-electron chi connectivity index (χ2n) is 7.75. The highest BCUT2D eigenvalue weighted by Gasteiger charge is 2.40. The molecule has 0 radical (unpaired) electrons. The highest BCUT2D eigenvalue weighted by atomic mass is 19.4. The summed E-state index contributed by atoms with van der Waals surface area (Å²) in [6, 6.07) is 4.14. The minimum absolute atomic E-state index is 0.297. The Morgan fingerprint density at radius 1 is 1.30 bits per heavy atom. The van der Waals surface area contributed by atoms with Gasteiger partial charge in [-0.3, -0.25) is 14.7 Å². The van der Waals surface area contributed by atoms with Gasteiger partial charge in [0, 0.05) is 45.6 Å². The van der Waals surface area contributed by atoms with E-state index < -0.39 is 12.1 Å². The number of carboxylic acids is 1. The number of methoxy groups -OCH3 is 1. The third-order valence-electron chi connectivity index (χ3n) is 5.60. The van der Waals surface area contributed by atoms with Gasteiger partial charge in [0.15, 0.2) is 0 Å². The Morgan fingerprint density at radius 3 is 2.50 bits per heavy atom. The van der Waals surface area contributed by atoms with Crippen molar-refractivity contribution in [2.75, 3.05) is 39.9 Å². The third kappa shape index (κ3) is 7.24. The summed E-state index contributed by atoms with van der Waals surface area (Å²) >= 11 is 0. The molecule has 168 valence electrons. The molecule has 1 aromatic rings. The molecule has 2 fully saturated rings. The summed E-state index contributed by atoms with van der Waals surface area (Å²) in [5.41, 5.74) is 1.61. The second kappa shape index (κ2) is 10.7. The Balaban J connectivity index is 0.000000396. The normalized spacial score (nSPS) is 19.3. The predicted octanol–water partition coefficient (Wildman–Crippen LogP) is 2.57. The van der Waals surface area contributed by atoms with Crippen LogP contribution >= 0.6 is 0 Å². The van der Waals surface area contributed by atoms with E-state index >= 15 is 0 Å². The summed E-state index contributed by atoms with van der Waals surface area (Å²) in [5, 5.41) is 7.12. The molecule has 2 aliphatic heterocycles. The largest absolute Gasteiger partial charge is 0.490 e. The fourth-order valence-electron chi connectivity index (χ4n) is 3.85. The molecule has 0 atom stereocenters. The first-order chi connectivity index (χ1) is 14.1. The number of nitrogens with zero attached hydrogens (tertiary/aromatic N) is 3. The summed E-state index contributed by atoms with van der Waals surface area (Å²) < 4.78 is 36.9. The van der Waals surface area contributed by atoms with Crippen LogP contribution in [0.5, 0.6) is 0 Å². The molecule has 10 heteroatoms. The fraction of sp³-hybridized carbons (Fsp3) is 0.650. The number of aliphatic carboxylic acids is 1. The number of piperidine rings is 2. The van der Waals surface area contributed by atoms with Crippen LogP contribution in [0.1, 0.15) is 31.2 Å². The number of hydrogen-bond donors (Lipinski definition) is 1. The molecule has 2 aliphatic rings. The van der Waals surface area contributed by atoms with E-state index in [0.717, 1.165) is 39.1 Å². The van der Waals surface area contributed by atoms with Gasteiger partial charge in [0.1, 0.15) is 0 Å². The van der Waals surface area contributed by atoms with Crippen molar-refractivity contribution in [3.8, 4) is 0 Å². The summed E-state index contributed by atoms with van der Waals surface area (Å²) in [5.74, 6) is -2.46. The van der Waals surface area contributed by atoms with Gasteiger partial charge in [0.2, 0.25) is 5.91 Å². The van der Waals surface area contributed by atoms with Crippen LogP contribution < -0.4 is 0 Å². The van der Waals surface area contributed by atoms with Gasteiger partial charge >= 0.3 is 12.1 Å². The van der Waals surface area contributed by atoms with E-state index in [1.807, 2.05) is 23.4 Å². The molecule has 3 heterocycles. The minimum atomic E-state index is -5.08. The van der Waals surface area contributed by atoms with Crippen molar-refractivity contribution in [2.45, 2.75) is 38.4 Å². The average molecular weight is 431 g/mol. The molecule has 3 rings (SSSR count). The monoisotopic (exact) mass is 431 g/mol. The zero-order valence-corrected chi connectivity index (χ0v) is 17.0. The highest BCUT2D eigenvalue weighted by Crippen LogP contribution is 2.40. The molecule has 2 saturated heterocycles. The van der Waals surface area contributed by atoms with Crippen LogP contribution in [0.15, 0.2) is 24.5 Å². The standard InChI is InChI=1S/C18H27N3O2.C2HF3O2/c1-23-12-11-21-15-18(5-4-17(21)22)6-9-20(10-7-18)14-16-3-2-8-19-13-16;3-2(4,5)1(6)7/h2-3,8,13H,4-7,9-12,14-15H2,1H3;(H,6,7). The molecule has 0 bridgehead atoms. The molecule has 0 unspecified atom stereocenters. The molecule has 7 nitrogen and oxygen atoms in total. The summed E-state index contributed by atoms with van der Waals surface area (Å²) in [7, 11) is 1.70. The van der Waals surface area contributed by atoms with E-state index in [-0.39, 0.29) is 0 Å². The van der Waals surface area contributed by atoms with Gasteiger partial charge in [0.25, 0.3) is 0 Å². The Bertz CT molecular complexity index is 692. The number of alkyl halides is 3. The first kappa shape index (κ1) is 24.1. The van der Waals surface area contributed by atoms with Gasteiger partial charge in [-0.15, -0.1) is 0 Å². The smallest absolute Gasteiger partial charge is 0.475 e. The maximum absolute atomic E-state index is 12.1. The molecule has 0 aromatic carbocycles. The van der Waals surface area contributed by atoms with Gasteiger partial charge in [-0.1, -0.05) is 6.07 Å². The average Bonchev–Trinajstić information content (AvgIpc) is 2.71. The molecule has 0 aliphatic carbocycles. The van der Waals surface area contributed by atoms with Gasteiger partial charge in [-0.2, -0.15) is 13.2 Å². The SMILES string of the molecule is COCCN1CC2(CCC1=O)CCN(Cc1cccnc1)CC2.O=C(O)C(F)(F)F. The number of pyridine rings is 1. The molecule has 1 aromatic heterocycles. The van der Waals surface area contributed by atoms with Gasteiger partial charge in [-0.05, 0) is 49.4 Å². The zero-order valence-electron chi connectivity index (χ0n) is 17.0. The van der Waals surface area contributed by atoms with Crippen LogP contribution in [0.3, 0.4) is 0 Å². The first-order valence-electron chi connectivity index (χ1n) is 9.83. The number of carbonyl (C=O) groups is 2. The molecular formula is C20H28F3N3O4. The van der Waals surface area contributed by atoms with E-state index in [0.29, 0.717) is 24.3 Å². The number of carbonyl (C=O) groups excluding carboxylic acids is 1. The van der Waals surface area contributed by atoms with Crippen molar-refractivity contribution in [1.82, 2.24) is 14.8 Å². The number of rotatable bonds is 5. The van der Waals surface area contributed by atoms with Crippen molar-refractivity contribution < 1.29 is 32.6 Å². The third-order valence-corrected chi connectivity index (χ3v) is 5.60. The Labute approximate surface area is 173 Å². The summed E-state index contributed by atoms with van der Waals surface area (Å²) in [6.45, 7) is 5.49. The number of hydrogen-bond acceptors (Lipinski definition) is 5. The van der Waals surface area contributed by atoms with E-state index in [9.17, 15) is 18.0 Å². The molecule has 0 saturated carbocycles. The maximum Gasteiger partial charge on any atom is 0.490 e. The van der Waals surface area contributed by atoms with Crippen LogP contribution in [-0.2, 0) is 20.9 Å². The molecule has 1 amide bonds. The van der Waals surface area contributed by atoms with Gasteiger partial charge in [0.05, 0.1) is 6.61 Å². The fourth-order valence-corrected chi connectivity index (χ4v) is 3.85. The van der Waals surface area contributed by atoms with Crippen LogP contribution in [-0.4, -0.2) is 77.8 Å². The predicted molar refractivity (Wildman–Crippen MR) is 103 cm³/mol. The number of likely N-dealkylation sites (tertiary alicyclic amines) is 2. The van der Waals surface area contributed by atoms with Crippen LogP contribution in [0.25, 0.3) is 0 Å². The number of carboxylic acid groups (broad SMARTS) is 1. The number of amides is 1. The van der Waals surface area contributed by atoms with Crippen molar-refractivity contribution >= 4 is 11.9 Å². The van der Waals surface area contributed by atoms with Gasteiger partial charge < -0.3 is 14.7 Å². The van der Waals surface area contributed by atoms with Crippen molar-refractivity contribution in [2.24, 2.45) is 5.41 Å². The second-order valence-corrected chi connectivity index (χ2v) is 7.75. The molecule has 30 heavy (non-hydrogen) atoms. The van der Waals surface area contributed by atoms with E-state index in [1.54, 1.807) is 7.11 Å². The Hall–Kier alpha value is -2.20. The number of ether oxygens (including phenoxy) is 1. The molecule has 1 N–H and O–H groups in total. The first-order valence-corrected chi connectivity index (χ1v) is 9.83. The lowest BCUT2D eigenvalue weighted by molar-refractivity contribution is -0.192. The quantitative estimate of drug-likeness (QED) is 0.772. The van der Waals surface area contributed by atoms with Crippen LogP contribution in [0.2, 0.25) is 0 Å². The van der Waals surface area contributed by atoms with E-state index in [4.69, 9.17) is 14.6 Å². The number of halogens is 3. The van der Waals surface area contributed by atoms with Crippen molar-refractivity contribution in [3.05, 3.63) is 30.1 Å². The van der Waals surface area contributed by atoms with E-state index in [2.05, 4.69) is 16.0 Å². The zero-order chi connectivity index (χ0) is 22.2. The summed E-state index contributed by atoms with van der Waals surface area (Å²) in [6.07, 6.45) is 2.81. The minimum Gasteiger partial charge on any atom is -0.475 e. The van der Waals surface area contributed by atoms with Crippen molar-refractivity contribution in [1.29, 1.82) is 0 Å².